The van der Waals surface area contributed by atoms with E-state index in [1.807, 2.05) is 18.2 Å². The van der Waals surface area contributed by atoms with E-state index in [1.165, 1.54) is 0 Å². The fraction of sp³-hybridized carbons (Fsp3) is 0.417. The molecule has 0 saturated carbocycles. The van der Waals surface area contributed by atoms with E-state index < -0.39 is 4.83 Å². The van der Waals surface area contributed by atoms with Gasteiger partial charge in [0.2, 0.25) is 6.79 Å². The third-order valence-corrected chi connectivity index (χ3v) is 5.15. The minimum atomic E-state index is -0.446. The Balaban J connectivity index is 2.13. The number of hydrogen-bond acceptors (Lipinski definition) is 4. The minimum absolute atomic E-state index is 0.189. The number of fused-ring (bicyclic) bond motifs is 1. The molecule has 0 spiro atoms. The molecule has 0 bridgehead atoms. The number of hydrogen-bond donors (Lipinski definition) is 0. The van der Waals surface area contributed by atoms with E-state index in [0.29, 0.717) is 12.4 Å². The Bertz CT molecular complexity index is 450. The molecule has 1 aromatic carbocycles. The van der Waals surface area contributed by atoms with Crippen molar-refractivity contribution in [3.05, 3.63) is 23.8 Å². The Morgan fingerprint density at radius 3 is 2.83 bits per heavy atom. The van der Waals surface area contributed by atoms with Gasteiger partial charge in [0.1, 0.15) is 4.83 Å². The fourth-order valence-electron chi connectivity index (χ4n) is 1.59. The molecular weight excluding hydrogens is 368 g/mol. The van der Waals surface area contributed by atoms with E-state index in [4.69, 9.17) is 14.2 Å². The van der Waals surface area contributed by atoms with Crippen LogP contribution in [-0.4, -0.2) is 24.2 Å². The van der Waals surface area contributed by atoms with Gasteiger partial charge in [0.05, 0.1) is 11.4 Å². The average molecular weight is 380 g/mol. The summed E-state index contributed by atoms with van der Waals surface area (Å²) in [6.45, 7) is 2.38. The SMILES string of the molecule is CCOC(=O)[C@H](Br)[C@H](Br)c1ccc2c(c1)OCO2. The summed E-state index contributed by atoms with van der Waals surface area (Å²) in [7, 11) is 0. The van der Waals surface area contributed by atoms with Crippen molar-refractivity contribution in [3.8, 4) is 11.5 Å². The second-order valence-corrected chi connectivity index (χ2v) is 5.64. The van der Waals surface area contributed by atoms with Crippen molar-refractivity contribution in [3.63, 3.8) is 0 Å². The molecule has 18 heavy (non-hydrogen) atoms. The van der Waals surface area contributed by atoms with Gasteiger partial charge in [0.25, 0.3) is 0 Å². The molecule has 0 fully saturated rings. The molecule has 0 saturated heterocycles. The number of benzene rings is 1. The number of rotatable bonds is 4. The lowest BCUT2D eigenvalue weighted by molar-refractivity contribution is -0.142. The van der Waals surface area contributed by atoms with Gasteiger partial charge in [0, 0.05) is 0 Å². The van der Waals surface area contributed by atoms with Gasteiger partial charge in [0.15, 0.2) is 11.5 Å². The summed E-state index contributed by atoms with van der Waals surface area (Å²) in [4.78, 5) is 11.0. The molecule has 0 aromatic heterocycles. The fourth-order valence-corrected chi connectivity index (χ4v) is 2.53. The van der Waals surface area contributed by atoms with Crippen LogP contribution in [0.4, 0.5) is 0 Å². The van der Waals surface area contributed by atoms with Crippen LogP contribution >= 0.6 is 31.9 Å². The first-order valence-corrected chi connectivity index (χ1v) is 7.31. The molecule has 1 aliphatic heterocycles. The molecule has 0 N–H and O–H groups in total. The molecular formula is C12H12Br2O4. The van der Waals surface area contributed by atoms with Gasteiger partial charge in [-0.15, -0.1) is 0 Å². The van der Waals surface area contributed by atoms with E-state index in [2.05, 4.69) is 31.9 Å². The van der Waals surface area contributed by atoms with Crippen LogP contribution in [-0.2, 0) is 9.53 Å². The highest BCUT2D eigenvalue weighted by atomic mass is 79.9. The highest BCUT2D eigenvalue weighted by molar-refractivity contribution is 9.12. The summed E-state index contributed by atoms with van der Waals surface area (Å²) in [6.07, 6.45) is 0. The van der Waals surface area contributed by atoms with E-state index in [1.54, 1.807) is 6.92 Å². The van der Waals surface area contributed by atoms with Gasteiger partial charge in [-0.25, -0.2) is 0 Å². The maximum atomic E-state index is 11.6. The van der Waals surface area contributed by atoms with Gasteiger partial charge < -0.3 is 14.2 Å². The highest BCUT2D eigenvalue weighted by Gasteiger charge is 2.27. The molecule has 0 aliphatic carbocycles. The highest BCUT2D eigenvalue weighted by Crippen LogP contribution is 2.39. The van der Waals surface area contributed by atoms with Gasteiger partial charge in [-0.3, -0.25) is 4.79 Å². The summed E-state index contributed by atoms with van der Waals surface area (Å²) in [5, 5.41) is 0. The predicted molar refractivity (Wildman–Crippen MR) is 73.6 cm³/mol. The van der Waals surface area contributed by atoms with E-state index in [9.17, 15) is 4.79 Å². The van der Waals surface area contributed by atoms with E-state index in [-0.39, 0.29) is 17.6 Å². The Morgan fingerprint density at radius 2 is 2.11 bits per heavy atom. The molecule has 2 atom stereocenters. The van der Waals surface area contributed by atoms with Crippen molar-refractivity contribution < 1.29 is 19.0 Å². The standard InChI is InChI=1S/C12H12Br2O4/c1-2-16-12(15)11(14)10(13)7-3-4-8-9(5-7)18-6-17-8/h3-5,10-11H,2,6H2,1H3/t10-,11-/m1/s1. The van der Waals surface area contributed by atoms with Crippen molar-refractivity contribution >= 4 is 37.8 Å². The topological polar surface area (TPSA) is 44.8 Å². The Morgan fingerprint density at radius 1 is 1.39 bits per heavy atom. The minimum Gasteiger partial charge on any atom is -0.465 e. The first-order valence-electron chi connectivity index (χ1n) is 5.47. The zero-order chi connectivity index (χ0) is 13.1. The monoisotopic (exact) mass is 378 g/mol. The van der Waals surface area contributed by atoms with Crippen LogP contribution in [0.5, 0.6) is 11.5 Å². The van der Waals surface area contributed by atoms with Crippen LogP contribution in [0.25, 0.3) is 0 Å². The predicted octanol–water partition coefficient (Wildman–Crippen LogP) is 3.18. The molecule has 0 radical (unpaired) electrons. The summed E-state index contributed by atoms with van der Waals surface area (Å²) in [5.41, 5.74) is 0.925. The summed E-state index contributed by atoms with van der Waals surface area (Å²) >= 11 is 6.82. The molecule has 4 nitrogen and oxygen atoms in total. The third kappa shape index (κ3) is 2.80. The summed E-state index contributed by atoms with van der Waals surface area (Å²) < 4.78 is 15.5. The molecule has 0 unspecified atom stereocenters. The molecule has 1 aromatic rings. The second-order valence-electron chi connectivity index (χ2n) is 3.67. The first-order chi connectivity index (χ1) is 8.63. The molecule has 1 heterocycles. The Hall–Kier alpha value is -0.750. The number of halogens is 2. The quantitative estimate of drug-likeness (QED) is 0.595. The molecule has 1 aliphatic rings. The van der Waals surface area contributed by atoms with Crippen molar-refractivity contribution in [2.45, 2.75) is 16.6 Å². The van der Waals surface area contributed by atoms with Gasteiger partial charge in [-0.2, -0.15) is 0 Å². The normalized spacial score (nSPS) is 16.2. The lowest BCUT2D eigenvalue weighted by Crippen LogP contribution is -2.21. The van der Waals surface area contributed by atoms with Crippen molar-refractivity contribution in [2.24, 2.45) is 0 Å². The smallest absolute Gasteiger partial charge is 0.321 e. The number of carbonyl (C=O) groups excluding carboxylic acids is 1. The van der Waals surface area contributed by atoms with Crippen LogP contribution in [0.2, 0.25) is 0 Å². The van der Waals surface area contributed by atoms with Gasteiger partial charge >= 0.3 is 5.97 Å². The van der Waals surface area contributed by atoms with Crippen LogP contribution < -0.4 is 9.47 Å². The Labute approximate surface area is 122 Å². The molecule has 98 valence electrons. The van der Waals surface area contributed by atoms with Crippen LogP contribution in [0, 0.1) is 0 Å². The second kappa shape index (κ2) is 5.93. The number of ether oxygens (including phenoxy) is 3. The number of esters is 1. The van der Waals surface area contributed by atoms with Crippen LogP contribution in [0.3, 0.4) is 0 Å². The van der Waals surface area contributed by atoms with Crippen LogP contribution in [0.1, 0.15) is 17.3 Å². The van der Waals surface area contributed by atoms with Crippen LogP contribution in [0.15, 0.2) is 18.2 Å². The van der Waals surface area contributed by atoms with E-state index in [0.717, 1.165) is 11.3 Å². The third-order valence-electron chi connectivity index (χ3n) is 2.48. The summed E-state index contributed by atoms with van der Waals surface area (Å²) in [5.74, 6) is 1.12. The molecule has 0 amide bonds. The van der Waals surface area contributed by atoms with Crippen molar-refractivity contribution in [1.29, 1.82) is 0 Å². The van der Waals surface area contributed by atoms with E-state index >= 15 is 0 Å². The number of carbonyl (C=O) groups is 1. The molecule has 6 heteroatoms. The van der Waals surface area contributed by atoms with Gasteiger partial charge in [-0.05, 0) is 24.6 Å². The van der Waals surface area contributed by atoms with Crippen molar-refractivity contribution in [1.82, 2.24) is 0 Å². The summed E-state index contributed by atoms with van der Waals surface area (Å²) in [6, 6.07) is 5.58. The Kier molecular flexibility index (Phi) is 4.50. The molecule has 2 rings (SSSR count). The first kappa shape index (κ1) is 13.7. The number of alkyl halides is 2. The lowest BCUT2D eigenvalue weighted by Gasteiger charge is -2.16. The average Bonchev–Trinajstić information content (AvgIpc) is 2.84. The maximum absolute atomic E-state index is 11.6. The zero-order valence-corrected chi connectivity index (χ0v) is 12.9. The zero-order valence-electron chi connectivity index (χ0n) is 9.69. The van der Waals surface area contributed by atoms with Gasteiger partial charge in [-0.1, -0.05) is 37.9 Å². The lowest BCUT2D eigenvalue weighted by atomic mass is 10.1. The van der Waals surface area contributed by atoms with Crippen molar-refractivity contribution in [2.75, 3.05) is 13.4 Å². The maximum Gasteiger partial charge on any atom is 0.321 e. The largest absolute Gasteiger partial charge is 0.465 e.